The van der Waals surface area contributed by atoms with Gasteiger partial charge in [0.1, 0.15) is 5.75 Å². The van der Waals surface area contributed by atoms with Gasteiger partial charge >= 0.3 is 7.12 Å². The number of rotatable bonds is 3. The van der Waals surface area contributed by atoms with Crippen molar-refractivity contribution in [2.75, 3.05) is 7.11 Å². The Balaban J connectivity index is 1.94. The van der Waals surface area contributed by atoms with Crippen LogP contribution in [-0.2, 0) is 9.31 Å². The monoisotopic (exact) mass is 325 g/mol. The first-order chi connectivity index (χ1) is 11.2. The zero-order valence-corrected chi connectivity index (χ0v) is 15.2. The summed E-state index contributed by atoms with van der Waals surface area (Å²) < 4.78 is 17.7. The third kappa shape index (κ3) is 2.83. The molecule has 126 valence electrons. The van der Waals surface area contributed by atoms with Gasteiger partial charge in [0.25, 0.3) is 0 Å². The van der Waals surface area contributed by atoms with Crippen molar-refractivity contribution in [3.05, 3.63) is 42.1 Å². The molecule has 2 heterocycles. The van der Waals surface area contributed by atoms with E-state index < -0.39 is 7.12 Å². The van der Waals surface area contributed by atoms with Crippen molar-refractivity contribution in [3.63, 3.8) is 0 Å². The number of ether oxygens (including phenoxy) is 1. The number of pyridine rings is 1. The van der Waals surface area contributed by atoms with Crippen molar-refractivity contribution in [1.82, 2.24) is 4.98 Å². The van der Waals surface area contributed by atoms with E-state index in [9.17, 15) is 0 Å². The van der Waals surface area contributed by atoms with Gasteiger partial charge in [0.2, 0.25) is 0 Å². The Bertz CT molecular complexity index is 742. The summed E-state index contributed by atoms with van der Waals surface area (Å²) in [5, 5.41) is 0. The molecule has 0 atom stereocenters. The zero-order chi connectivity index (χ0) is 17.5. The second-order valence-electron chi connectivity index (χ2n) is 7.22. The summed E-state index contributed by atoms with van der Waals surface area (Å²) >= 11 is 0. The Labute approximate surface area is 144 Å². The first-order valence-corrected chi connectivity index (χ1v) is 8.21. The van der Waals surface area contributed by atoms with Crippen molar-refractivity contribution in [2.45, 2.75) is 45.8 Å². The average molecular weight is 325 g/mol. The van der Waals surface area contributed by atoms with Crippen molar-refractivity contribution < 1.29 is 14.0 Å². The lowest BCUT2D eigenvalue weighted by Gasteiger charge is -2.32. The third-order valence-electron chi connectivity index (χ3n) is 4.99. The minimum atomic E-state index is -0.395. The maximum Gasteiger partial charge on any atom is 0.496 e. The Kier molecular flexibility index (Phi) is 4.18. The highest BCUT2D eigenvalue weighted by Gasteiger charge is 2.51. The van der Waals surface area contributed by atoms with Gasteiger partial charge in [0, 0.05) is 17.2 Å². The molecule has 1 aliphatic rings. The van der Waals surface area contributed by atoms with Crippen LogP contribution in [0.5, 0.6) is 5.75 Å². The van der Waals surface area contributed by atoms with Crippen LogP contribution in [0.25, 0.3) is 11.3 Å². The van der Waals surface area contributed by atoms with Gasteiger partial charge in [-0.05, 0) is 52.3 Å². The first-order valence-electron chi connectivity index (χ1n) is 8.21. The van der Waals surface area contributed by atoms with Crippen LogP contribution < -0.4 is 10.2 Å². The van der Waals surface area contributed by atoms with Crippen LogP contribution in [0.4, 0.5) is 0 Å². The SMILES string of the molecule is COc1ccccc1-c1ncc(B2OC(C)(C)C(C)(C)O2)cc1C. The van der Waals surface area contributed by atoms with Gasteiger partial charge in [0.15, 0.2) is 0 Å². The highest BCUT2D eigenvalue weighted by molar-refractivity contribution is 6.62. The van der Waals surface area contributed by atoms with Crippen molar-refractivity contribution in [1.29, 1.82) is 0 Å². The molecule has 4 nitrogen and oxygen atoms in total. The molecule has 0 aliphatic carbocycles. The number of para-hydroxylation sites is 1. The molecule has 24 heavy (non-hydrogen) atoms. The second-order valence-corrected chi connectivity index (χ2v) is 7.22. The van der Waals surface area contributed by atoms with Gasteiger partial charge in [-0.1, -0.05) is 18.2 Å². The van der Waals surface area contributed by atoms with Crippen LogP contribution >= 0.6 is 0 Å². The Hall–Kier alpha value is -1.85. The van der Waals surface area contributed by atoms with Gasteiger partial charge in [-0.25, -0.2) is 0 Å². The number of aryl methyl sites for hydroxylation is 1. The topological polar surface area (TPSA) is 40.6 Å². The standard InChI is InChI=1S/C19H24BNO3/c1-13-11-14(20-23-18(2,3)19(4,5)24-20)12-21-17(13)15-9-7-8-10-16(15)22-6/h7-12H,1-6H3. The smallest absolute Gasteiger partial charge is 0.496 e. The number of aromatic nitrogens is 1. The van der Waals surface area contributed by atoms with E-state index in [1.165, 1.54) is 0 Å². The Morgan fingerprint density at radius 3 is 2.25 bits per heavy atom. The summed E-state index contributed by atoms with van der Waals surface area (Å²) in [5.74, 6) is 0.816. The second kappa shape index (κ2) is 5.90. The largest absolute Gasteiger partial charge is 0.496 e. The lowest BCUT2D eigenvalue weighted by molar-refractivity contribution is 0.00578. The van der Waals surface area contributed by atoms with Crippen molar-refractivity contribution >= 4 is 12.6 Å². The molecule has 1 saturated heterocycles. The molecule has 1 aromatic heterocycles. The number of benzene rings is 1. The average Bonchev–Trinajstić information content (AvgIpc) is 2.75. The molecular weight excluding hydrogens is 301 g/mol. The summed E-state index contributed by atoms with van der Waals surface area (Å²) in [6, 6.07) is 9.98. The molecule has 2 aromatic rings. The van der Waals surface area contributed by atoms with E-state index in [4.69, 9.17) is 14.0 Å². The van der Waals surface area contributed by atoms with Crippen LogP contribution in [0.2, 0.25) is 0 Å². The number of nitrogens with zero attached hydrogens (tertiary/aromatic N) is 1. The maximum absolute atomic E-state index is 6.11. The minimum Gasteiger partial charge on any atom is -0.496 e. The van der Waals surface area contributed by atoms with E-state index >= 15 is 0 Å². The molecule has 0 saturated carbocycles. The zero-order valence-electron chi connectivity index (χ0n) is 15.2. The van der Waals surface area contributed by atoms with Crippen molar-refractivity contribution in [2.24, 2.45) is 0 Å². The fourth-order valence-electron chi connectivity index (χ4n) is 2.83. The molecule has 0 N–H and O–H groups in total. The summed E-state index contributed by atoms with van der Waals surface area (Å²) in [6.07, 6.45) is 1.83. The van der Waals surface area contributed by atoms with Crippen LogP contribution in [0.15, 0.2) is 36.5 Å². The minimum absolute atomic E-state index is 0.354. The summed E-state index contributed by atoms with van der Waals surface area (Å²) in [5.41, 5.74) is 3.18. The van der Waals surface area contributed by atoms with Crippen LogP contribution in [0.1, 0.15) is 33.3 Å². The molecular formula is C19H24BNO3. The molecule has 3 rings (SSSR count). The van der Waals surface area contributed by atoms with E-state index in [1.54, 1.807) is 7.11 Å². The normalized spacial score (nSPS) is 18.7. The summed E-state index contributed by atoms with van der Waals surface area (Å²) in [7, 11) is 1.28. The highest BCUT2D eigenvalue weighted by atomic mass is 16.7. The fourth-order valence-corrected chi connectivity index (χ4v) is 2.83. The van der Waals surface area contributed by atoms with Gasteiger partial charge in [-0.3, -0.25) is 4.98 Å². The lowest BCUT2D eigenvalue weighted by atomic mass is 9.79. The number of hydrogen-bond donors (Lipinski definition) is 0. The number of methoxy groups -OCH3 is 1. The maximum atomic E-state index is 6.11. The van der Waals surface area contributed by atoms with Crippen LogP contribution in [0, 0.1) is 6.92 Å². The number of hydrogen-bond acceptors (Lipinski definition) is 4. The van der Waals surface area contributed by atoms with E-state index in [2.05, 4.69) is 38.7 Å². The van der Waals surface area contributed by atoms with E-state index in [0.29, 0.717) is 0 Å². The van der Waals surface area contributed by atoms with E-state index in [-0.39, 0.29) is 11.2 Å². The van der Waals surface area contributed by atoms with Gasteiger partial charge < -0.3 is 14.0 Å². The third-order valence-corrected chi connectivity index (χ3v) is 4.99. The Morgan fingerprint density at radius 1 is 1.04 bits per heavy atom. The molecule has 0 amide bonds. The molecule has 0 radical (unpaired) electrons. The van der Waals surface area contributed by atoms with Gasteiger partial charge in [-0.15, -0.1) is 0 Å². The molecule has 5 heteroatoms. The predicted octanol–water partition coefficient (Wildman–Crippen LogP) is 3.36. The van der Waals surface area contributed by atoms with E-state index in [0.717, 1.165) is 28.0 Å². The Morgan fingerprint density at radius 2 is 1.67 bits per heavy atom. The summed E-state index contributed by atoms with van der Waals surface area (Å²) in [4.78, 5) is 4.66. The van der Waals surface area contributed by atoms with E-state index in [1.807, 2.05) is 37.4 Å². The molecule has 1 aliphatic heterocycles. The highest BCUT2D eigenvalue weighted by Crippen LogP contribution is 2.37. The van der Waals surface area contributed by atoms with Crippen LogP contribution in [-0.4, -0.2) is 30.4 Å². The quantitative estimate of drug-likeness (QED) is 0.812. The molecule has 0 unspecified atom stereocenters. The molecule has 0 spiro atoms. The van der Waals surface area contributed by atoms with Gasteiger partial charge in [-0.2, -0.15) is 0 Å². The first kappa shape index (κ1) is 17.0. The van der Waals surface area contributed by atoms with Crippen LogP contribution in [0.3, 0.4) is 0 Å². The lowest BCUT2D eigenvalue weighted by Crippen LogP contribution is -2.41. The molecule has 1 fully saturated rings. The summed E-state index contributed by atoms with van der Waals surface area (Å²) in [6.45, 7) is 10.3. The van der Waals surface area contributed by atoms with Gasteiger partial charge in [0.05, 0.1) is 24.0 Å². The fraction of sp³-hybridized carbons (Fsp3) is 0.421. The molecule has 1 aromatic carbocycles. The van der Waals surface area contributed by atoms with Crippen molar-refractivity contribution in [3.8, 4) is 17.0 Å². The molecule has 0 bridgehead atoms. The predicted molar refractivity (Wildman–Crippen MR) is 96.7 cm³/mol.